The van der Waals surface area contributed by atoms with E-state index < -0.39 is 12.0 Å². The molecule has 0 radical (unpaired) electrons. The summed E-state index contributed by atoms with van der Waals surface area (Å²) in [6.07, 6.45) is 0.688. The largest absolute Gasteiger partial charge is 0.460 e. The van der Waals surface area contributed by atoms with Crippen molar-refractivity contribution in [3.05, 3.63) is 46.1 Å². The van der Waals surface area contributed by atoms with Crippen LogP contribution in [0.2, 0.25) is 5.02 Å². The summed E-state index contributed by atoms with van der Waals surface area (Å²) in [5, 5.41) is 0.942. The lowest BCUT2D eigenvalue weighted by Crippen LogP contribution is -2.40. The number of fused-ring (bicyclic) bond motifs is 1. The molecule has 144 valence electrons. The summed E-state index contributed by atoms with van der Waals surface area (Å²) in [5.74, 6) is -0.559. The van der Waals surface area contributed by atoms with Crippen molar-refractivity contribution in [3.63, 3.8) is 0 Å². The van der Waals surface area contributed by atoms with Gasteiger partial charge in [-0.05, 0) is 31.0 Å². The van der Waals surface area contributed by atoms with Gasteiger partial charge in [-0.3, -0.25) is 9.69 Å². The number of esters is 1. The fraction of sp³-hybridized carbons (Fsp3) is 0.421. The van der Waals surface area contributed by atoms with Crippen LogP contribution in [-0.4, -0.2) is 47.5 Å². The van der Waals surface area contributed by atoms with Gasteiger partial charge in [0.05, 0.1) is 29.2 Å². The summed E-state index contributed by atoms with van der Waals surface area (Å²) in [6, 6.07) is 6.57. The summed E-state index contributed by atoms with van der Waals surface area (Å²) < 4.78 is 10.3. The van der Waals surface area contributed by atoms with Crippen LogP contribution >= 0.6 is 23.4 Å². The summed E-state index contributed by atoms with van der Waals surface area (Å²) >= 11 is 7.61. The molecule has 3 rings (SSSR count). The molecule has 6 nitrogen and oxygen atoms in total. The van der Waals surface area contributed by atoms with Crippen molar-refractivity contribution in [2.75, 3.05) is 20.3 Å². The molecule has 1 aromatic carbocycles. The molecule has 2 aliphatic rings. The van der Waals surface area contributed by atoms with Crippen LogP contribution in [0.4, 0.5) is 0 Å². The molecule has 0 saturated carbocycles. The first-order valence-corrected chi connectivity index (χ1v) is 9.94. The highest BCUT2D eigenvalue weighted by Gasteiger charge is 2.47. The zero-order valence-corrected chi connectivity index (χ0v) is 17.0. The van der Waals surface area contributed by atoms with E-state index in [9.17, 15) is 9.59 Å². The number of allylic oxidation sites excluding steroid dienone is 1. The minimum Gasteiger partial charge on any atom is -0.460 e. The first-order chi connectivity index (χ1) is 13.0. The van der Waals surface area contributed by atoms with Gasteiger partial charge in [0.25, 0.3) is 0 Å². The number of aliphatic imine (C=N–C) groups is 1. The van der Waals surface area contributed by atoms with Gasteiger partial charge >= 0.3 is 5.97 Å². The van der Waals surface area contributed by atoms with E-state index in [1.165, 1.54) is 18.9 Å². The van der Waals surface area contributed by atoms with E-state index in [4.69, 9.17) is 21.1 Å². The zero-order valence-electron chi connectivity index (χ0n) is 15.4. The second-order valence-corrected chi connectivity index (χ2v) is 7.81. The first kappa shape index (κ1) is 19.9. The summed E-state index contributed by atoms with van der Waals surface area (Å²) in [4.78, 5) is 31.9. The van der Waals surface area contributed by atoms with Crippen LogP contribution in [0.1, 0.15) is 31.9 Å². The fourth-order valence-electron chi connectivity index (χ4n) is 3.14. The Bertz CT molecular complexity index is 824. The standard InChI is InChI=1S/C19H21ClN2O4S/c1-4-14-17(23)22-16(12-6-5-7-13(20)10-12)15(11(2)21-19(22)27-14)18(24)26-9-8-25-3/h5-7,10,14,16H,4,8-9H2,1-3H3/t14-,16-/m1/s1. The Labute approximate surface area is 167 Å². The molecular formula is C19H21ClN2O4S. The maximum atomic E-state index is 13.0. The van der Waals surface area contributed by atoms with Crippen LogP contribution in [0.3, 0.4) is 0 Å². The number of amides is 1. The molecule has 0 aromatic heterocycles. The highest BCUT2D eigenvalue weighted by atomic mass is 35.5. The predicted molar refractivity (Wildman–Crippen MR) is 106 cm³/mol. The lowest BCUT2D eigenvalue weighted by molar-refractivity contribution is -0.141. The third-order valence-corrected chi connectivity index (χ3v) is 5.98. The van der Waals surface area contributed by atoms with E-state index in [1.807, 2.05) is 13.0 Å². The van der Waals surface area contributed by atoms with Crippen molar-refractivity contribution in [2.45, 2.75) is 31.6 Å². The molecule has 0 unspecified atom stereocenters. The molecule has 0 bridgehead atoms. The number of hydrogen-bond acceptors (Lipinski definition) is 6. The normalized spacial score (nSPS) is 22.0. The number of carbonyl (C=O) groups is 2. The highest BCUT2D eigenvalue weighted by molar-refractivity contribution is 8.15. The van der Waals surface area contributed by atoms with Crippen LogP contribution in [-0.2, 0) is 19.1 Å². The Morgan fingerprint density at radius 3 is 2.81 bits per heavy atom. The number of methoxy groups -OCH3 is 1. The zero-order chi connectivity index (χ0) is 19.6. The number of nitrogens with zero attached hydrogens (tertiary/aromatic N) is 2. The molecule has 8 heteroatoms. The van der Waals surface area contributed by atoms with Crippen molar-refractivity contribution in [3.8, 4) is 0 Å². The first-order valence-electron chi connectivity index (χ1n) is 8.68. The molecule has 1 aromatic rings. The van der Waals surface area contributed by atoms with E-state index >= 15 is 0 Å². The minimum atomic E-state index is -0.609. The fourth-order valence-corrected chi connectivity index (χ4v) is 4.47. The Balaban J connectivity index is 2.05. The lowest BCUT2D eigenvalue weighted by Gasteiger charge is -2.33. The number of carbonyl (C=O) groups excluding carboxylic acids is 2. The van der Waals surface area contributed by atoms with Gasteiger partial charge in [-0.2, -0.15) is 0 Å². The molecule has 0 aliphatic carbocycles. The van der Waals surface area contributed by atoms with Gasteiger partial charge in [-0.25, -0.2) is 9.79 Å². The van der Waals surface area contributed by atoms with E-state index in [-0.39, 0.29) is 17.8 Å². The molecule has 0 spiro atoms. The summed E-state index contributed by atoms with van der Waals surface area (Å²) in [7, 11) is 1.54. The molecule has 1 saturated heterocycles. The van der Waals surface area contributed by atoms with Gasteiger partial charge in [-0.15, -0.1) is 0 Å². The second-order valence-electron chi connectivity index (χ2n) is 6.20. The number of rotatable bonds is 6. The van der Waals surface area contributed by atoms with Crippen LogP contribution in [0.25, 0.3) is 0 Å². The van der Waals surface area contributed by atoms with Crippen molar-refractivity contribution >= 4 is 40.4 Å². The number of halogens is 1. The summed E-state index contributed by atoms with van der Waals surface area (Å²) in [5.41, 5.74) is 1.65. The molecule has 2 heterocycles. The van der Waals surface area contributed by atoms with Gasteiger partial charge in [-0.1, -0.05) is 42.4 Å². The van der Waals surface area contributed by atoms with E-state index in [0.29, 0.717) is 34.5 Å². The van der Waals surface area contributed by atoms with E-state index in [2.05, 4.69) is 4.99 Å². The number of hydrogen-bond donors (Lipinski definition) is 0. The van der Waals surface area contributed by atoms with Crippen molar-refractivity contribution < 1.29 is 19.1 Å². The molecule has 27 heavy (non-hydrogen) atoms. The topological polar surface area (TPSA) is 68.2 Å². The van der Waals surface area contributed by atoms with Gasteiger partial charge in [0.15, 0.2) is 5.17 Å². The average Bonchev–Trinajstić information content (AvgIpc) is 2.96. The molecule has 2 atom stereocenters. The quantitative estimate of drug-likeness (QED) is 0.531. The molecule has 1 amide bonds. The van der Waals surface area contributed by atoms with Crippen LogP contribution in [0.15, 0.2) is 40.5 Å². The molecule has 2 aliphatic heterocycles. The van der Waals surface area contributed by atoms with Crippen LogP contribution in [0, 0.1) is 0 Å². The number of ether oxygens (including phenoxy) is 2. The molecular weight excluding hydrogens is 388 g/mol. The Hall–Kier alpha value is -1.83. The number of amidine groups is 1. The van der Waals surface area contributed by atoms with Gasteiger partial charge in [0.1, 0.15) is 6.61 Å². The lowest BCUT2D eigenvalue weighted by atomic mass is 9.94. The minimum absolute atomic E-state index is 0.0547. The maximum absolute atomic E-state index is 13.0. The number of benzene rings is 1. The van der Waals surface area contributed by atoms with Crippen molar-refractivity contribution in [2.24, 2.45) is 4.99 Å². The van der Waals surface area contributed by atoms with Gasteiger partial charge < -0.3 is 9.47 Å². The second kappa shape index (κ2) is 8.46. The van der Waals surface area contributed by atoms with E-state index in [0.717, 1.165) is 5.56 Å². The van der Waals surface area contributed by atoms with Crippen molar-refractivity contribution in [1.29, 1.82) is 0 Å². The smallest absolute Gasteiger partial charge is 0.338 e. The third kappa shape index (κ3) is 3.90. The Kier molecular flexibility index (Phi) is 6.24. The van der Waals surface area contributed by atoms with Crippen LogP contribution in [0.5, 0.6) is 0 Å². The van der Waals surface area contributed by atoms with Crippen LogP contribution < -0.4 is 0 Å². The highest BCUT2D eigenvalue weighted by Crippen LogP contribution is 2.44. The Morgan fingerprint density at radius 1 is 1.37 bits per heavy atom. The monoisotopic (exact) mass is 408 g/mol. The molecule has 1 fully saturated rings. The SMILES string of the molecule is CC[C@H]1SC2=NC(C)=C(C(=O)OCCOC)[C@@H](c3cccc(Cl)c3)N2C1=O. The van der Waals surface area contributed by atoms with Gasteiger partial charge in [0, 0.05) is 12.1 Å². The Morgan fingerprint density at radius 2 is 2.15 bits per heavy atom. The number of thioether (sulfide) groups is 1. The maximum Gasteiger partial charge on any atom is 0.338 e. The van der Waals surface area contributed by atoms with E-state index in [1.54, 1.807) is 30.0 Å². The predicted octanol–water partition coefficient (Wildman–Crippen LogP) is 3.57. The van der Waals surface area contributed by atoms with Gasteiger partial charge in [0.2, 0.25) is 5.91 Å². The van der Waals surface area contributed by atoms with Crippen molar-refractivity contribution in [1.82, 2.24) is 4.90 Å². The summed E-state index contributed by atoms with van der Waals surface area (Å²) in [6.45, 7) is 4.15. The molecule has 0 N–H and O–H groups in total. The third-order valence-electron chi connectivity index (χ3n) is 4.43. The average molecular weight is 409 g/mol.